The molecule has 4 atom stereocenters. The van der Waals surface area contributed by atoms with Gasteiger partial charge >= 0.3 is 0 Å². The minimum atomic E-state index is -0.431. The van der Waals surface area contributed by atoms with E-state index in [1.54, 1.807) is 0 Å². The van der Waals surface area contributed by atoms with Crippen LogP contribution in [-0.4, -0.2) is 41.4 Å². The minimum absolute atomic E-state index is 0.103. The van der Waals surface area contributed by atoms with E-state index >= 15 is 0 Å². The third kappa shape index (κ3) is 3.55. The molecule has 4 aliphatic carbocycles. The number of nitrogens with two attached hydrogens (primary N) is 1. The van der Waals surface area contributed by atoms with E-state index in [1.807, 2.05) is 35.2 Å². The van der Waals surface area contributed by atoms with Crippen LogP contribution in [0.4, 0.5) is 0 Å². The van der Waals surface area contributed by atoms with Gasteiger partial charge in [0.25, 0.3) is 0 Å². The number of nitrogens with zero attached hydrogens (tertiary/aromatic N) is 1. The van der Waals surface area contributed by atoms with E-state index in [4.69, 9.17) is 5.73 Å². The van der Waals surface area contributed by atoms with Crippen LogP contribution in [0.3, 0.4) is 0 Å². The molecule has 1 aromatic rings. The van der Waals surface area contributed by atoms with Gasteiger partial charge in [-0.1, -0.05) is 37.3 Å². The SMILES string of the molecule is CC1CCN(C(=O)[C@@H](N)C23CC4CC(CC(NC(=O)Cc5ccccc5)(C4)C2)C3)C1. The fourth-order valence-electron chi connectivity index (χ4n) is 7.56. The first kappa shape index (κ1) is 20.0. The molecule has 3 N–H and O–H groups in total. The van der Waals surface area contributed by atoms with Crippen molar-refractivity contribution in [2.45, 2.75) is 69.9 Å². The molecular formula is C25H35N3O2. The average Bonchev–Trinajstić information content (AvgIpc) is 3.12. The van der Waals surface area contributed by atoms with Crippen LogP contribution >= 0.6 is 0 Å². The Labute approximate surface area is 179 Å². The fourth-order valence-corrected chi connectivity index (χ4v) is 7.56. The molecular weight excluding hydrogens is 374 g/mol. The summed E-state index contributed by atoms with van der Waals surface area (Å²) in [5, 5.41) is 3.45. The molecule has 0 aromatic heterocycles. The second-order valence-corrected chi connectivity index (χ2v) is 11.0. The lowest BCUT2D eigenvalue weighted by atomic mass is 9.45. The number of nitrogens with one attached hydrogen (secondary N) is 1. The second kappa shape index (κ2) is 7.37. The van der Waals surface area contributed by atoms with Crippen molar-refractivity contribution in [2.24, 2.45) is 28.9 Å². The molecule has 5 heteroatoms. The third-order valence-corrected chi connectivity index (χ3v) is 8.38. The zero-order chi connectivity index (χ0) is 20.9. The van der Waals surface area contributed by atoms with Crippen molar-refractivity contribution in [3.05, 3.63) is 35.9 Å². The van der Waals surface area contributed by atoms with Crippen molar-refractivity contribution < 1.29 is 9.59 Å². The molecule has 1 aromatic carbocycles. The lowest BCUT2D eigenvalue weighted by molar-refractivity contribution is -0.147. The Bertz CT molecular complexity index is 809. The smallest absolute Gasteiger partial charge is 0.240 e. The lowest BCUT2D eigenvalue weighted by Gasteiger charge is -2.63. The molecule has 6 rings (SSSR count). The number of likely N-dealkylation sites (tertiary alicyclic amines) is 1. The van der Waals surface area contributed by atoms with Gasteiger partial charge in [-0.3, -0.25) is 9.59 Å². The molecule has 0 radical (unpaired) electrons. The predicted molar refractivity (Wildman–Crippen MR) is 116 cm³/mol. The Morgan fingerprint density at radius 3 is 2.50 bits per heavy atom. The third-order valence-electron chi connectivity index (χ3n) is 8.38. The van der Waals surface area contributed by atoms with Crippen molar-refractivity contribution in [3.8, 4) is 0 Å². The van der Waals surface area contributed by atoms with Crippen LogP contribution in [0.15, 0.2) is 30.3 Å². The van der Waals surface area contributed by atoms with Crippen LogP contribution in [0.1, 0.15) is 57.4 Å². The molecule has 2 amide bonds. The summed E-state index contributed by atoms with van der Waals surface area (Å²) in [7, 11) is 0. The van der Waals surface area contributed by atoms with E-state index in [1.165, 1.54) is 6.42 Å². The first-order chi connectivity index (χ1) is 14.4. The zero-order valence-electron chi connectivity index (χ0n) is 18.1. The molecule has 4 saturated carbocycles. The standard InChI is InChI=1S/C25H35N3O2/c1-17-7-8-28(15-17)23(30)22(26)24-11-19-9-20(12-24)14-25(13-19,16-24)27-21(29)10-18-5-3-2-4-6-18/h2-6,17,19-20,22H,7-16,26H2,1H3,(H,27,29)/t17?,19?,20?,22-,24?,25?/m1/s1. The summed E-state index contributed by atoms with van der Waals surface area (Å²) in [5.41, 5.74) is 7.48. The number of hydrogen-bond acceptors (Lipinski definition) is 3. The molecule has 162 valence electrons. The highest BCUT2D eigenvalue weighted by molar-refractivity contribution is 5.83. The summed E-state index contributed by atoms with van der Waals surface area (Å²) in [4.78, 5) is 28.2. The van der Waals surface area contributed by atoms with E-state index in [2.05, 4.69) is 12.2 Å². The first-order valence-electron chi connectivity index (χ1n) is 11.8. The van der Waals surface area contributed by atoms with Crippen molar-refractivity contribution in [1.29, 1.82) is 0 Å². The van der Waals surface area contributed by atoms with Crippen LogP contribution in [0.25, 0.3) is 0 Å². The van der Waals surface area contributed by atoms with Crippen LogP contribution < -0.4 is 11.1 Å². The first-order valence-corrected chi connectivity index (χ1v) is 11.8. The van der Waals surface area contributed by atoms with Gasteiger partial charge in [0.15, 0.2) is 0 Å². The van der Waals surface area contributed by atoms with Crippen LogP contribution in [0.5, 0.6) is 0 Å². The van der Waals surface area contributed by atoms with Crippen molar-refractivity contribution in [3.63, 3.8) is 0 Å². The minimum Gasteiger partial charge on any atom is -0.350 e. The molecule has 3 unspecified atom stereocenters. The Morgan fingerprint density at radius 2 is 1.87 bits per heavy atom. The summed E-state index contributed by atoms with van der Waals surface area (Å²) in [6.45, 7) is 3.89. The molecule has 4 bridgehead atoms. The number of rotatable bonds is 5. The summed E-state index contributed by atoms with van der Waals surface area (Å²) in [6, 6.07) is 9.51. The molecule has 1 aliphatic heterocycles. The van der Waals surface area contributed by atoms with E-state index < -0.39 is 6.04 Å². The number of hydrogen-bond donors (Lipinski definition) is 2. The molecule has 1 saturated heterocycles. The van der Waals surface area contributed by atoms with Crippen LogP contribution in [0, 0.1) is 23.2 Å². The van der Waals surface area contributed by atoms with Gasteiger partial charge in [0.05, 0.1) is 12.5 Å². The van der Waals surface area contributed by atoms with Crippen molar-refractivity contribution >= 4 is 11.8 Å². The summed E-state index contributed by atoms with van der Waals surface area (Å²) < 4.78 is 0. The Morgan fingerprint density at radius 1 is 1.17 bits per heavy atom. The molecule has 1 heterocycles. The van der Waals surface area contributed by atoms with E-state index in [0.29, 0.717) is 24.2 Å². The maximum atomic E-state index is 13.3. The van der Waals surface area contributed by atoms with Crippen LogP contribution in [-0.2, 0) is 16.0 Å². The number of amides is 2. The molecule has 5 fully saturated rings. The van der Waals surface area contributed by atoms with E-state index in [-0.39, 0.29) is 22.8 Å². The van der Waals surface area contributed by atoms with E-state index in [9.17, 15) is 9.59 Å². The maximum absolute atomic E-state index is 13.3. The highest BCUT2D eigenvalue weighted by Crippen LogP contribution is 2.62. The topological polar surface area (TPSA) is 75.4 Å². The van der Waals surface area contributed by atoms with E-state index in [0.717, 1.165) is 57.2 Å². The van der Waals surface area contributed by atoms with Gasteiger partial charge in [0, 0.05) is 18.6 Å². The molecule has 5 aliphatic rings. The largest absolute Gasteiger partial charge is 0.350 e. The summed E-state index contributed by atoms with van der Waals surface area (Å²) in [5.74, 6) is 1.99. The average molecular weight is 410 g/mol. The molecule has 5 nitrogen and oxygen atoms in total. The van der Waals surface area contributed by atoms with Gasteiger partial charge in [-0.05, 0) is 73.7 Å². The number of carbonyl (C=O) groups excluding carboxylic acids is 2. The Hall–Kier alpha value is -1.88. The van der Waals surface area contributed by atoms with Crippen molar-refractivity contribution in [1.82, 2.24) is 10.2 Å². The Kier molecular flexibility index (Phi) is 4.92. The summed E-state index contributed by atoms with van der Waals surface area (Å²) >= 11 is 0. The predicted octanol–water partition coefficient (Wildman–Crippen LogP) is 2.88. The van der Waals surface area contributed by atoms with Gasteiger partial charge in [-0.15, -0.1) is 0 Å². The van der Waals surface area contributed by atoms with Crippen LogP contribution in [0.2, 0.25) is 0 Å². The second-order valence-electron chi connectivity index (χ2n) is 11.0. The zero-order valence-corrected chi connectivity index (χ0v) is 18.1. The molecule has 0 spiro atoms. The van der Waals surface area contributed by atoms with Crippen molar-refractivity contribution in [2.75, 3.05) is 13.1 Å². The van der Waals surface area contributed by atoms with Gasteiger partial charge in [0.1, 0.15) is 0 Å². The monoisotopic (exact) mass is 409 g/mol. The van der Waals surface area contributed by atoms with Gasteiger partial charge in [-0.25, -0.2) is 0 Å². The lowest BCUT2D eigenvalue weighted by Crippen LogP contribution is -2.68. The van der Waals surface area contributed by atoms with Gasteiger partial charge < -0.3 is 16.0 Å². The van der Waals surface area contributed by atoms with Gasteiger partial charge in [0.2, 0.25) is 11.8 Å². The number of carbonyl (C=O) groups is 2. The normalized spacial score (nSPS) is 37.9. The molecule has 30 heavy (non-hydrogen) atoms. The fraction of sp³-hybridized carbons (Fsp3) is 0.680. The Balaban J connectivity index is 1.33. The van der Waals surface area contributed by atoms with Gasteiger partial charge in [-0.2, -0.15) is 0 Å². The highest BCUT2D eigenvalue weighted by atomic mass is 16.2. The maximum Gasteiger partial charge on any atom is 0.240 e. The quantitative estimate of drug-likeness (QED) is 0.785. The summed E-state index contributed by atoms with van der Waals surface area (Å²) in [6.07, 6.45) is 7.80. The highest BCUT2D eigenvalue weighted by Gasteiger charge is 2.61. The number of benzene rings is 1.